The van der Waals surface area contributed by atoms with Crippen LogP contribution in [0.4, 0.5) is 10.5 Å². The third kappa shape index (κ3) is 5.77. The Bertz CT molecular complexity index is 1070. The highest BCUT2D eigenvalue weighted by molar-refractivity contribution is 8.18. The zero-order valence-electron chi connectivity index (χ0n) is 17.5. The van der Waals surface area contributed by atoms with Crippen LogP contribution in [0.1, 0.15) is 36.2 Å². The fraction of sp³-hybridized carbons (Fsp3) is 0.217. The van der Waals surface area contributed by atoms with Crippen molar-refractivity contribution in [3.8, 4) is 0 Å². The molecule has 9 heteroatoms. The van der Waals surface area contributed by atoms with Gasteiger partial charge in [-0.15, -0.1) is 0 Å². The van der Waals surface area contributed by atoms with Gasteiger partial charge in [0.25, 0.3) is 11.1 Å². The van der Waals surface area contributed by atoms with Crippen molar-refractivity contribution in [2.75, 3.05) is 11.9 Å². The normalized spacial score (nSPS) is 15.7. The van der Waals surface area contributed by atoms with E-state index in [1.807, 2.05) is 0 Å². The Morgan fingerprint density at radius 1 is 1.12 bits per heavy atom. The first-order valence-electron chi connectivity index (χ1n) is 9.88. The van der Waals surface area contributed by atoms with Gasteiger partial charge in [0.05, 0.1) is 17.1 Å². The summed E-state index contributed by atoms with van der Waals surface area (Å²) >= 11 is 6.71. The number of ether oxygens (including phenoxy) is 1. The lowest BCUT2D eigenvalue weighted by Gasteiger charge is -2.20. The second-order valence-electron chi connectivity index (χ2n) is 7.00. The van der Waals surface area contributed by atoms with E-state index < -0.39 is 23.2 Å². The minimum absolute atomic E-state index is 0.0636. The Labute approximate surface area is 194 Å². The summed E-state index contributed by atoms with van der Waals surface area (Å²) in [6, 6.07) is 12.5. The Hall–Kier alpha value is -3.10. The molecule has 1 saturated heterocycles. The molecule has 0 bridgehead atoms. The van der Waals surface area contributed by atoms with Gasteiger partial charge in [-0.1, -0.05) is 23.7 Å². The smallest absolute Gasteiger partial charge is 0.338 e. The SMILES string of the molecule is CCOC(=O)c1ccc(NC(=O)CC(C)N2C(=O)S/C(=C\c3ccc(Cl)cc3)C2=O)cc1. The molecule has 1 heterocycles. The fourth-order valence-corrected chi connectivity index (χ4v) is 4.10. The Kier molecular flexibility index (Phi) is 7.71. The van der Waals surface area contributed by atoms with Crippen molar-refractivity contribution in [2.24, 2.45) is 0 Å². The molecule has 0 aromatic heterocycles. The standard InChI is InChI=1S/C23H21ClN2O5S/c1-3-31-22(29)16-6-10-18(11-7-16)25-20(27)12-14(2)26-21(28)19(32-23(26)30)13-15-4-8-17(24)9-5-15/h4-11,13-14H,3,12H2,1-2H3,(H,25,27)/b19-13-. The Morgan fingerprint density at radius 2 is 1.78 bits per heavy atom. The Morgan fingerprint density at radius 3 is 2.41 bits per heavy atom. The summed E-state index contributed by atoms with van der Waals surface area (Å²) < 4.78 is 4.92. The lowest BCUT2D eigenvalue weighted by Crippen LogP contribution is -2.39. The number of esters is 1. The van der Waals surface area contributed by atoms with Gasteiger partial charge in [-0.05, 0) is 73.6 Å². The number of amides is 3. The first-order chi connectivity index (χ1) is 15.3. The topological polar surface area (TPSA) is 92.8 Å². The van der Waals surface area contributed by atoms with Crippen LogP contribution in [0.3, 0.4) is 0 Å². The molecule has 1 N–H and O–H groups in total. The average molecular weight is 473 g/mol. The van der Waals surface area contributed by atoms with Gasteiger partial charge in [-0.3, -0.25) is 19.3 Å². The van der Waals surface area contributed by atoms with Crippen molar-refractivity contribution in [2.45, 2.75) is 26.3 Å². The van der Waals surface area contributed by atoms with Crippen molar-refractivity contribution in [1.29, 1.82) is 0 Å². The number of carbonyl (C=O) groups excluding carboxylic acids is 4. The Balaban J connectivity index is 1.61. The molecule has 0 spiro atoms. The highest BCUT2D eigenvalue weighted by Crippen LogP contribution is 2.34. The van der Waals surface area contributed by atoms with Crippen molar-refractivity contribution < 1.29 is 23.9 Å². The predicted molar refractivity (Wildman–Crippen MR) is 124 cm³/mol. The maximum atomic E-state index is 12.7. The van der Waals surface area contributed by atoms with E-state index in [-0.39, 0.29) is 18.9 Å². The van der Waals surface area contributed by atoms with Gasteiger partial charge in [0.15, 0.2) is 0 Å². The molecule has 1 atom stereocenters. The number of anilines is 1. The molecule has 0 radical (unpaired) electrons. The molecular formula is C23H21ClN2O5S. The molecular weight excluding hydrogens is 452 g/mol. The van der Waals surface area contributed by atoms with E-state index in [4.69, 9.17) is 16.3 Å². The predicted octanol–water partition coefficient (Wildman–Crippen LogP) is 4.97. The average Bonchev–Trinajstić information content (AvgIpc) is 3.03. The third-order valence-corrected chi connectivity index (χ3v) is 5.73. The summed E-state index contributed by atoms with van der Waals surface area (Å²) in [6.45, 7) is 3.64. The van der Waals surface area contributed by atoms with E-state index in [2.05, 4.69) is 5.32 Å². The lowest BCUT2D eigenvalue weighted by atomic mass is 10.1. The monoisotopic (exact) mass is 472 g/mol. The molecule has 3 rings (SSSR count). The summed E-state index contributed by atoms with van der Waals surface area (Å²) in [5.41, 5.74) is 1.62. The second-order valence-corrected chi connectivity index (χ2v) is 8.43. The van der Waals surface area contributed by atoms with Gasteiger partial charge in [0, 0.05) is 23.2 Å². The molecule has 166 valence electrons. The molecule has 32 heavy (non-hydrogen) atoms. The van der Waals surface area contributed by atoms with Crippen LogP contribution >= 0.6 is 23.4 Å². The van der Waals surface area contributed by atoms with Crippen LogP contribution in [0.15, 0.2) is 53.4 Å². The van der Waals surface area contributed by atoms with Crippen LogP contribution < -0.4 is 5.32 Å². The molecule has 1 aliphatic rings. The molecule has 0 aliphatic carbocycles. The highest BCUT2D eigenvalue weighted by atomic mass is 35.5. The molecule has 2 aromatic rings. The van der Waals surface area contributed by atoms with E-state index in [1.54, 1.807) is 68.5 Å². The highest BCUT2D eigenvalue weighted by Gasteiger charge is 2.38. The fourth-order valence-electron chi connectivity index (χ4n) is 3.05. The maximum Gasteiger partial charge on any atom is 0.338 e. The molecule has 1 fully saturated rings. The van der Waals surface area contributed by atoms with Crippen LogP contribution in [-0.2, 0) is 14.3 Å². The molecule has 3 amide bonds. The summed E-state index contributed by atoms with van der Waals surface area (Å²) in [5, 5.41) is 2.86. The van der Waals surface area contributed by atoms with Gasteiger partial charge >= 0.3 is 5.97 Å². The van der Waals surface area contributed by atoms with Crippen LogP contribution in [-0.4, -0.2) is 40.6 Å². The van der Waals surface area contributed by atoms with E-state index >= 15 is 0 Å². The second kappa shape index (κ2) is 10.5. The summed E-state index contributed by atoms with van der Waals surface area (Å²) in [5.74, 6) is -1.24. The quantitative estimate of drug-likeness (QED) is 0.451. The van der Waals surface area contributed by atoms with Crippen molar-refractivity contribution >= 4 is 58.1 Å². The van der Waals surface area contributed by atoms with Gasteiger partial charge in [-0.25, -0.2) is 4.79 Å². The van der Waals surface area contributed by atoms with E-state index in [0.717, 1.165) is 22.2 Å². The molecule has 7 nitrogen and oxygen atoms in total. The molecule has 0 saturated carbocycles. The summed E-state index contributed by atoms with van der Waals surface area (Å²) in [4.78, 5) is 50.7. The largest absolute Gasteiger partial charge is 0.462 e. The first kappa shape index (κ1) is 23.6. The first-order valence-corrected chi connectivity index (χ1v) is 11.1. The van der Waals surface area contributed by atoms with Gasteiger partial charge in [0.2, 0.25) is 5.91 Å². The number of halogens is 1. The number of imide groups is 1. The van der Waals surface area contributed by atoms with E-state index in [9.17, 15) is 19.2 Å². The van der Waals surface area contributed by atoms with Crippen molar-refractivity contribution in [3.63, 3.8) is 0 Å². The van der Waals surface area contributed by atoms with Crippen molar-refractivity contribution in [1.82, 2.24) is 4.90 Å². The minimum atomic E-state index is -0.627. The minimum Gasteiger partial charge on any atom is -0.462 e. The van der Waals surface area contributed by atoms with Crippen molar-refractivity contribution in [3.05, 3.63) is 69.6 Å². The summed E-state index contributed by atoms with van der Waals surface area (Å²) in [6.07, 6.45) is 1.56. The number of nitrogens with one attached hydrogen (secondary N) is 1. The van der Waals surface area contributed by atoms with Gasteiger partial charge in [-0.2, -0.15) is 0 Å². The van der Waals surface area contributed by atoms with Crippen LogP contribution in [0.2, 0.25) is 5.02 Å². The number of benzene rings is 2. The zero-order valence-corrected chi connectivity index (χ0v) is 19.0. The number of carbonyl (C=O) groups is 4. The molecule has 1 unspecified atom stereocenters. The van der Waals surface area contributed by atoms with Crippen LogP contribution in [0, 0.1) is 0 Å². The third-order valence-electron chi connectivity index (χ3n) is 4.59. The van der Waals surface area contributed by atoms with E-state index in [1.165, 1.54) is 0 Å². The van der Waals surface area contributed by atoms with Crippen LogP contribution in [0.5, 0.6) is 0 Å². The van der Waals surface area contributed by atoms with Gasteiger partial charge in [0.1, 0.15) is 0 Å². The molecule has 2 aromatic carbocycles. The van der Waals surface area contributed by atoms with Crippen LogP contribution in [0.25, 0.3) is 6.08 Å². The van der Waals surface area contributed by atoms with E-state index in [0.29, 0.717) is 21.2 Å². The number of hydrogen-bond donors (Lipinski definition) is 1. The zero-order chi connectivity index (χ0) is 23.3. The number of rotatable bonds is 7. The molecule has 1 aliphatic heterocycles. The number of hydrogen-bond acceptors (Lipinski definition) is 6. The number of nitrogens with zero attached hydrogens (tertiary/aromatic N) is 1. The lowest BCUT2D eigenvalue weighted by molar-refractivity contribution is -0.125. The summed E-state index contributed by atoms with van der Waals surface area (Å²) in [7, 11) is 0. The number of thioether (sulfide) groups is 1. The van der Waals surface area contributed by atoms with Gasteiger partial charge < -0.3 is 10.1 Å². The maximum absolute atomic E-state index is 12.7.